The highest BCUT2D eigenvalue weighted by Gasteiger charge is 2.25. The number of hydrogen-bond donors (Lipinski definition) is 1. The second-order valence-corrected chi connectivity index (χ2v) is 3.76. The number of hydrogen-bond acceptors (Lipinski definition) is 3. The van der Waals surface area contributed by atoms with E-state index in [1.807, 2.05) is 6.08 Å². The van der Waals surface area contributed by atoms with Gasteiger partial charge in [-0.1, -0.05) is 6.92 Å². The van der Waals surface area contributed by atoms with Crippen LogP contribution in [0, 0.1) is 0 Å². The second kappa shape index (κ2) is 3.95. The number of methoxy groups -OCH3 is 1. The summed E-state index contributed by atoms with van der Waals surface area (Å²) in [6.07, 6.45) is 7.92. The third-order valence-electron chi connectivity index (χ3n) is 2.45. The Labute approximate surface area is 84.8 Å². The van der Waals surface area contributed by atoms with E-state index in [1.165, 1.54) is 12.8 Å². The third-order valence-corrected chi connectivity index (χ3v) is 2.45. The molecule has 3 nitrogen and oxygen atoms in total. The number of ether oxygens (including phenoxy) is 2. The van der Waals surface area contributed by atoms with Gasteiger partial charge < -0.3 is 14.8 Å². The van der Waals surface area contributed by atoms with Crippen LogP contribution in [0.2, 0.25) is 0 Å². The zero-order valence-electron chi connectivity index (χ0n) is 8.75. The van der Waals surface area contributed by atoms with Crippen LogP contribution in [0.15, 0.2) is 23.8 Å². The van der Waals surface area contributed by atoms with Crippen molar-refractivity contribution in [1.29, 1.82) is 0 Å². The summed E-state index contributed by atoms with van der Waals surface area (Å²) in [5.41, 5.74) is 0. The molecule has 2 rings (SSSR count). The van der Waals surface area contributed by atoms with Gasteiger partial charge in [0.25, 0.3) is 0 Å². The molecule has 0 aromatic heterocycles. The van der Waals surface area contributed by atoms with Crippen molar-refractivity contribution in [3.05, 3.63) is 23.8 Å². The van der Waals surface area contributed by atoms with E-state index in [0.717, 1.165) is 18.1 Å². The number of dihydropyridines is 1. The van der Waals surface area contributed by atoms with Crippen LogP contribution >= 0.6 is 0 Å². The first-order chi connectivity index (χ1) is 6.81. The zero-order chi connectivity index (χ0) is 9.97. The van der Waals surface area contributed by atoms with Gasteiger partial charge in [0.1, 0.15) is 5.76 Å². The molecule has 1 atom stereocenters. The Morgan fingerprint density at radius 3 is 2.86 bits per heavy atom. The van der Waals surface area contributed by atoms with Gasteiger partial charge in [0.05, 0.1) is 19.3 Å². The van der Waals surface area contributed by atoms with Crippen molar-refractivity contribution in [3.8, 4) is 0 Å². The van der Waals surface area contributed by atoms with Crippen molar-refractivity contribution in [3.63, 3.8) is 0 Å². The fraction of sp³-hybridized carbons (Fsp3) is 0.636. The van der Waals surface area contributed by atoms with Crippen molar-refractivity contribution in [2.45, 2.75) is 38.3 Å². The molecular formula is C11H17NO2. The Morgan fingerprint density at radius 1 is 1.50 bits per heavy atom. The summed E-state index contributed by atoms with van der Waals surface area (Å²) in [4.78, 5) is 0. The highest BCUT2D eigenvalue weighted by atomic mass is 16.5. The molecular weight excluding hydrogens is 178 g/mol. The summed E-state index contributed by atoms with van der Waals surface area (Å²) in [7, 11) is 1.67. The monoisotopic (exact) mass is 195 g/mol. The fourth-order valence-corrected chi connectivity index (χ4v) is 1.43. The van der Waals surface area contributed by atoms with Gasteiger partial charge >= 0.3 is 0 Å². The van der Waals surface area contributed by atoms with Crippen molar-refractivity contribution < 1.29 is 9.47 Å². The van der Waals surface area contributed by atoms with Crippen LogP contribution in [0.4, 0.5) is 0 Å². The topological polar surface area (TPSA) is 30.5 Å². The van der Waals surface area contributed by atoms with Crippen LogP contribution in [0.3, 0.4) is 0 Å². The lowest BCUT2D eigenvalue weighted by Crippen LogP contribution is -2.30. The SMILES string of the molecule is CCC1C=C(OC2CC2)C=C(OC)N1. The Bertz CT molecular complexity index is 266. The Morgan fingerprint density at radius 2 is 2.29 bits per heavy atom. The lowest BCUT2D eigenvalue weighted by Gasteiger charge is -2.22. The summed E-state index contributed by atoms with van der Waals surface area (Å²) in [6, 6.07) is 0.337. The normalized spacial score (nSPS) is 26.0. The van der Waals surface area contributed by atoms with Crippen LogP contribution in [0.25, 0.3) is 0 Å². The van der Waals surface area contributed by atoms with Crippen LogP contribution in [0.1, 0.15) is 26.2 Å². The number of rotatable bonds is 4. The van der Waals surface area contributed by atoms with Gasteiger partial charge in [-0.2, -0.15) is 0 Å². The fourth-order valence-electron chi connectivity index (χ4n) is 1.43. The van der Waals surface area contributed by atoms with Crippen molar-refractivity contribution in [2.75, 3.05) is 7.11 Å². The smallest absolute Gasteiger partial charge is 0.190 e. The lowest BCUT2D eigenvalue weighted by atomic mass is 10.1. The molecule has 0 aromatic rings. The van der Waals surface area contributed by atoms with Crippen LogP contribution < -0.4 is 5.32 Å². The van der Waals surface area contributed by atoms with Crippen molar-refractivity contribution in [1.82, 2.24) is 5.32 Å². The maximum absolute atomic E-state index is 5.73. The molecule has 1 heterocycles. The highest BCUT2D eigenvalue weighted by molar-refractivity contribution is 5.23. The molecule has 1 aliphatic carbocycles. The van der Waals surface area contributed by atoms with Crippen LogP contribution in [-0.4, -0.2) is 19.3 Å². The Balaban J connectivity index is 2.02. The zero-order valence-corrected chi connectivity index (χ0v) is 8.75. The predicted octanol–water partition coefficient (Wildman–Crippen LogP) is 1.92. The minimum absolute atomic E-state index is 0.337. The number of nitrogens with one attached hydrogen (secondary N) is 1. The van der Waals surface area contributed by atoms with E-state index in [1.54, 1.807) is 7.11 Å². The summed E-state index contributed by atoms with van der Waals surface area (Å²) < 4.78 is 10.9. The molecule has 0 bridgehead atoms. The highest BCUT2D eigenvalue weighted by Crippen LogP contribution is 2.28. The molecule has 78 valence electrons. The molecule has 0 radical (unpaired) electrons. The summed E-state index contributed by atoms with van der Waals surface area (Å²) in [5.74, 6) is 1.75. The molecule has 14 heavy (non-hydrogen) atoms. The van der Waals surface area contributed by atoms with Gasteiger partial charge in [-0.25, -0.2) is 0 Å². The lowest BCUT2D eigenvalue weighted by molar-refractivity contribution is 0.191. The molecule has 1 aliphatic heterocycles. The average Bonchev–Trinajstić information content (AvgIpc) is 3.01. The molecule has 2 aliphatic rings. The molecule has 1 fully saturated rings. The Hall–Kier alpha value is -1.12. The molecule has 3 heteroatoms. The molecule has 0 aromatic carbocycles. The maximum atomic E-state index is 5.73. The molecule has 1 saturated carbocycles. The van der Waals surface area contributed by atoms with E-state index < -0.39 is 0 Å². The Kier molecular flexibility index (Phi) is 2.66. The third kappa shape index (κ3) is 2.22. The van der Waals surface area contributed by atoms with E-state index in [9.17, 15) is 0 Å². The van der Waals surface area contributed by atoms with Crippen LogP contribution in [-0.2, 0) is 9.47 Å². The predicted molar refractivity (Wildman–Crippen MR) is 54.5 cm³/mol. The van der Waals surface area contributed by atoms with Crippen LogP contribution in [0.5, 0.6) is 0 Å². The largest absolute Gasteiger partial charge is 0.490 e. The van der Waals surface area contributed by atoms with E-state index >= 15 is 0 Å². The van der Waals surface area contributed by atoms with E-state index in [4.69, 9.17) is 9.47 Å². The van der Waals surface area contributed by atoms with Gasteiger partial charge in [0.15, 0.2) is 5.88 Å². The minimum Gasteiger partial charge on any atom is -0.490 e. The minimum atomic E-state index is 0.337. The first-order valence-electron chi connectivity index (χ1n) is 5.22. The molecule has 1 unspecified atom stereocenters. The van der Waals surface area contributed by atoms with Crippen molar-refractivity contribution >= 4 is 0 Å². The average molecular weight is 195 g/mol. The van der Waals surface area contributed by atoms with E-state index in [2.05, 4.69) is 18.3 Å². The molecule has 0 spiro atoms. The first-order valence-corrected chi connectivity index (χ1v) is 5.22. The van der Waals surface area contributed by atoms with Gasteiger partial charge in [0, 0.05) is 6.08 Å². The summed E-state index contributed by atoms with van der Waals surface area (Å²) in [5, 5.41) is 3.26. The maximum Gasteiger partial charge on any atom is 0.190 e. The van der Waals surface area contributed by atoms with Gasteiger partial charge in [-0.05, 0) is 25.3 Å². The second-order valence-electron chi connectivity index (χ2n) is 3.76. The van der Waals surface area contributed by atoms with E-state index in [-0.39, 0.29) is 0 Å². The summed E-state index contributed by atoms with van der Waals surface area (Å²) in [6.45, 7) is 2.14. The molecule has 0 saturated heterocycles. The van der Waals surface area contributed by atoms with Gasteiger partial charge in [-0.3, -0.25) is 0 Å². The van der Waals surface area contributed by atoms with Gasteiger partial charge in [-0.15, -0.1) is 0 Å². The first kappa shape index (κ1) is 9.44. The summed E-state index contributed by atoms with van der Waals surface area (Å²) >= 11 is 0. The molecule has 0 amide bonds. The van der Waals surface area contributed by atoms with Crippen molar-refractivity contribution in [2.24, 2.45) is 0 Å². The molecule has 1 N–H and O–H groups in total. The van der Waals surface area contributed by atoms with Gasteiger partial charge in [0.2, 0.25) is 0 Å². The standard InChI is InChI=1S/C11H17NO2/c1-3-8-6-10(14-9-4-5-9)7-11(12-8)13-2/h6-9,12H,3-5H2,1-2H3. The van der Waals surface area contributed by atoms with E-state index in [0.29, 0.717) is 12.1 Å². The number of allylic oxidation sites excluding steroid dienone is 1. The quantitative estimate of drug-likeness (QED) is 0.743.